The molecule has 1 saturated carbocycles. The molecule has 3 aromatic rings. The monoisotopic (exact) mass is 348 g/mol. The van der Waals surface area contributed by atoms with Gasteiger partial charge in [-0.25, -0.2) is 9.97 Å². The molecule has 0 aromatic carbocycles. The van der Waals surface area contributed by atoms with Crippen LogP contribution in [0.2, 0.25) is 0 Å². The zero-order valence-electron chi connectivity index (χ0n) is 15.1. The van der Waals surface area contributed by atoms with Gasteiger partial charge in [-0.05, 0) is 31.2 Å². The van der Waals surface area contributed by atoms with Gasteiger partial charge in [-0.1, -0.05) is 26.2 Å². The van der Waals surface area contributed by atoms with E-state index in [0.717, 1.165) is 40.8 Å². The van der Waals surface area contributed by atoms with Gasteiger partial charge in [-0.15, -0.1) is 0 Å². The van der Waals surface area contributed by atoms with E-state index in [1.165, 1.54) is 25.7 Å². The summed E-state index contributed by atoms with van der Waals surface area (Å²) in [6.45, 7) is 2.17. The van der Waals surface area contributed by atoms with Crippen molar-refractivity contribution in [3.8, 4) is 17.3 Å². The number of nitrogens with one attached hydrogen (secondary N) is 1. The van der Waals surface area contributed by atoms with E-state index < -0.39 is 0 Å². The number of nitriles is 1. The van der Waals surface area contributed by atoms with Gasteiger partial charge in [0.05, 0.1) is 29.9 Å². The number of aromatic nitrogens is 5. The van der Waals surface area contributed by atoms with Crippen LogP contribution in [-0.4, -0.2) is 24.7 Å². The van der Waals surface area contributed by atoms with Crippen LogP contribution < -0.4 is 0 Å². The van der Waals surface area contributed by atoms with Crippen LogP contribution in [0.25, 0.3) is 22.3 Å². The fourth-order valence-electron chi connectivity index (χ4n) is 4.22. The molecular formula is C20H24N6. The van der Waals surface area contributed by atoms with E-state index in [4.69, 9.17) is 5.10 Å². The molecule has 1 aliphatic rings. The lowest BCUT2D eigenvalue weighted by Gasteiger charge is -2.21. The van der Waals surface area contributed by atoms with Crippen LogP contribution in [-0.2, 0) is 6.42 Å². The molecular weight excluding hydrogens is 324 g/mol. The third kappa shape index (κ3) is 2.98. The van der Waals surface area contributed by atoms with Crippen molar-refractivity contribution >= 4 is 11.0 Å². The van der Waals surface area contributed by atoms with Gasteiger partial charge in [0.2, 0.25) is 0 Å². The van der Waals surface area contributed by atoms with Crippen molar-refractivity contribution in [3.63, 3.8) is 0 Å². The molecule has 1 N–H and O–H groups in total. The molecule has 26 heavy (non-hydrogen) atoms. The summed E-state index contributed by atoms with van der Waals surface area (Å²) < 4.78 is 2.06. The first kappa shape index (κ1) is 16.8. The first-order chi connectivity index (χ1) is 12.8. The van der Waals surface area contributed by atoms with Crippen molar-refractivity contribution in [3.05, 3.63) is 30.5 Å². The molecule has 1 fully saturated rings. The molecule has 1 atom stereocenters. The van der Waals surface area contributed by atoms with Crippen molar-refractivity contribution < 1.29 is 0 Å². The van der Waals surface area contributed by atoms with E-state index >= 15 is 0 Å². The number of nitrogens with zero attached hydrogens (tertiary/aromatic N) is 5. The van der Waals surface area contributed by atoms with Crippen molar-refractivity contribution in [2.45, 2.75) is 57.9 Å². The van der Waals surface area contributed by atoms with E-state index in [-0.39, 0.29) is 6.04 Å². The lowest BCUT2D eigenvalue weighted by molar-refractivity contribution is 0.313. The number of aromatic amines is 1. The highest BCUT2D eigenvalue weighted by atomic mass is 15.3. The second kappa shape index (κ2) is 7.28. The van der Waals surface area contributed by atoms with Gasteiger partial charge in [-0.2, -0.15) is 10.4 Å². The number of fused-ring (bicyclic) bond motifs is 1. The maximum absolute atomic E-state index is 9.35. The van der Waals surface area contributed by atoms with Gasteiger partial charge in [0.1, 0.15) is 12.0 Å². The third-order valence-electron chi connectivity index (χ3n) is 5.49. The minimum Gasteiger partial charge on any atom is -0.346 e. The molecule has 1 unspecified atom stereocenters. The maximum Gasteiger partial charge on any atom is 0.141 e. The molecule has 0 saturated heterocycles. The molecule has 0 spiro atoms. The Bertz CT molecular complexity index is 925. The largest absolute Gasteiger partial charge is 0.346 e. The number of rotatable bonds is 6. The summed E-state index contributed by atoms with van der Waals surface area (Å²) >= 11 is 0. The van der Waals surface area contributed by atoms with Crippen LogP contribution >= 0.6 is 0 Å². The molecule has 3 heterocycles. The van der Waals surface area contributed by atoms with Crippen molar-refractivity contribution in [2.24, 2.45) is 5.92 Å². The number of hydrogen-bond donors (Lipinski definition) is 1. The van der Waals surface area contributed by atoms with Gasteiger partial charge in [0, 0.05) is 23.3 Å². The van der Waals surface area contributed by atoms with Crippen LogP contribution in [0.4, 0.5) is 0 Å². The van der Waals surface area contributed by atoms with E-state index in [1.54, 1.807) is 6.33 Å². The number of hydrogen-bond acceptors (Lipinski definition) is 4. The summed E-state index contributed by atoms with van der Waals surface area (Å²) in [6, 6.07) is 4.56. The highest BCUT2D eigenvalue weighted by molar-refractivity contribution is 5.90. The Morgan fingerprint density at radius 2 is 2.19 bits per heavy atom. The fourth-order valence-corrected chi connectivity index (χ4v) is 4.22. The molecule has 134 valence electrons. The van der Waals surface area contributed by atoms with Gasteiger partial charge in [0.15, 0.2) is 0 Å². The average molecular weight is 348 g/mol. The Hall–Kier alpha value is -2.68. The normalized spacial score (nSPS) is 16.2. The number of aryl methyl sites for hydroxylation is 1. The summed E-state index contributed by atoms with van der Waals surface area (Å²) in [4.78, 5) is 12.0. The van der Waals surface area contributed by atoms with Crippen LogP contribution in [0.1, 0.15) is 57.2 Å². The van der Waals surface area contributed by atoms with Gasteiger partial charge in [-0.3, -0.25) is 4.68 Å². The predicted octanol–water partition coefficient (Wildman–Crippen LogP) is 4.42. The maximum atomic E-state index is 9.35. The summed E-state index contributed by atoms with van der Waals surface area (Å²) in [5.41, 5.74) is 3.90. The molecule has 0 aliphatic heterocycles. The first-order valence-electron chi connectivity index (χ1n) is 9.55. The highest BCUT2D eigenvalue weighted by Crippen LogP contribution is 2.37. The van der Waals surface area contributed by atoms with E-state index in [9.17, 15) is 5.26 Å². The zero-order chi connectivity index (χ0) is 17.9. The molecule has 0 bridgehead atoms. The van der Waals surface area contributed by atoms with Gasteiger partial charge < -0.3 is 4.98 Å². The van der Waals surface area contributed by atoms with Crippen molar-refractivity contribution in [2.75, 3.05) is 0 Å². The minimum atomic E-state index is 0.162. The Kier molecular flexibility index (Phi) is 4.70. The quantitative estimate of drug-likeness (QED) is 0.715. The lowest BCUT2D eigenvalue weighted by atomic mass is 9.96. The highest BCUT2D eigenvalue weighted by Gasteiger charge is 2.28. The van der Waals surface area contributed by atoms with Gasteiger partial charge >= 0.3 is 0 Å². The molecule has 1 aliphatic carbocycles. The molecule has 4 rings (SSSR count). The number of H-pyrrole nitrogens is 1. The van der Waals surface area contributed by atoms with Crippen LogP contribution in [0.5, 0.6) is 0 Å². The molecule has 0 radical (unpaired) electrons. The Labute approximate surface area is 153 Å². The predicted molar refractivity (Wildman–Crippen MR) is 100 cm³/mol. The van der Waals surface area contributed by atoms with Crippen molar-refractivity contribution in [1.29, 1.82) is 5.26 Å². The Morgan fingerprint density at radius 1 is 1.35 bits per heavy atom. The van der Waals surface area contributed by atoms with Gasteiger partial charge in [0.25, 0.3) is 0 Å². The lowest BCUT2D eigenvalue weighted by Crippen LogP contribution is -2.18. The standard InChI is InChI=1S/C20H24N6/c1-2-5-17-16(19-15-9-11-22-20(15)24-13-23-19)12-26(25-17)18(8-10-21)14-6-3-4-7-14/h9,11-14,18H,2-8H2,1H3,(H,22,23,24). The zero-order valence-corrected chi connectivity index (χ0v) is 15.1. The smallest absolute Gasteiger partial charge is 0.141 e. The van der Waals surface area contributed by atoms with E-state index in [2.05, 4.69) is 38.8 Å². The molecule has 0 amide bonds. The Balaban J connectivity index is 1.80. The summed E-state index contributed by atoms with van der Waals surface area (Å²) in [5, 5.41) is 15.3. The average Bonchev–Trinajstić information content (AvgIpc) is 3.39. The molecule has 3 aromatic heterocycles. The SMILES string of the molecule is CCCc1nn(C(CC#N)C2CCCC2)cc1-c1ncnc2[nH]ccc12. The molecule has 6 nitrogen and oxygen atoms in total. The van der Waals surface area contributed by atoms with E-state index in [1.807, 2.05) is 12.3 Å². The second-order valence-electron chi connectivity index (χ2n) is 7.16. The summed E-state index contributed by atoms with van der Waals surface area (Å²) in [6.07, 6.45) is 13.0. The summed E-state index contributed by atoms with van der Waals surface area (Å²) in [7, 11) is 0. The Morgan fingerprint density at radius 3 is 2.96 bits per heavy atom. The van der Waals surface area contributed by atoms with E-state index in [0.29, 0.717) is 12.3 Å². The summed E-state index contributed by atoms with van der Waals surface area (Å²) in [5.74, 6) is 0.551. The van der Waals surface area contributed by atoms with Crippen LogP contribution in [0.3, 0.4) is 0 Å². The minimum absolute atomic E-state index is 0.162. The van der Waals surface area contributed by atoms with Crippen LogP contribution in [0.15, 0.2) is 24.8 Å². The van der Waals surface area contributed by atoms with Crippen LogP contribution in [0, 0.1) is 17.2 Å². The topological polar surface area (TPSA) is 83.2 Å². The fraction of sp³-hybridized carbons (Fsp3) is 0.500. The first-order valence-corrected chi connectivity index (χ1v) is 9.55. The second-order valence-corrected chi connectivity index (χ2v) is 7.16. The molecule has 6 heteroatoms. The third-order valence-corrected chi connectivity index (χ3v) is 5.49. The van der Waals surface area contributed by atoms with Crippen molar-refractivity contribution in [1.82, 2.24) is 24.7 Å².